The Morgan fingerprint density at radius 1 is 1.18 bits per heavy atom. The summed E-state index contributed by atoms with van der Waals surface area (Å²) in [6, 6.07) is 0. The molecule has 0 aromatic heterocycles. The smallest absolute Gasteiger partial charge is 0.302 e. The summed E-state index contributed by atoms with van der Waals surface area (Å²) in [4.78, 5) is 23.5. The first kappa shape index (κ1) is 14.3. The predicted molar refractivity (Wildman–Crippen MR) is 25.1 cm³/mol. The average Bonchev–Trinajstić information content (AvgIpc) is 1.60. The maximum absolute atomic E-state index is 10.8. The second kappa shape index (κ2) is 4.75. The molecule has 7 nitrogen and oxygen atoms in total. The van der Waals surface area contributed by atoms with Crippen LogP contribution in [0.1, 0.15) is 0 Å². The molecule has 0 aromatic rings. The Labute approximate surface area is 73.0 Å². The van der Waals surface area contributed by atoms with E-state index in [2.05, 4.69) is 9.04 Å². The van der Waals surface area contributed by atoms with Gasteiger partial charge in [-0.2, -0.15) is 4.31 Å². The van der Waals surface area contributed by atoms with Crippen LogP contribution in [0.4, 0.5) is 4.53 Å². The molecule has 0 aliphatic rings. The van der Waals surface area contributed by atoms with Crippen molar-refractivity contribution in [3.8, 4) is 0 Å². The molecule has 0 heterocycles. The summed E-state index contributed by atoms with van der Waals surface area (Å²) < 4.78 is 35.5. The molecule has 0 amide bonds. The van der Waals surface area contributed by atoms with Gasteiger partial charge in [-0.25, -0.2) is 9.13 Å². The van der Waals surface area contributed by atoms with E-state index in [1.165, 1.54) is 0 Å². The van der Waals surface area contributed by atoms with Gasteiger partial charge in [-0.1, -0.05) is 4.73 Å². The van der Waals surface area contributed by atoms with Gasteiger partial charge in [0.1, 0.15) is 0 Å². The summed E-state index contributed by atoms with van der Waals surface area (Å²) in [5.74, 6) is 0. The molecule has 1 unspecified atom stereocenters. The molecule has 0 spiro atoms. The fourth-order valence-corrected chi connectivity index (χ4v) is 1.32. The number of rotatable bonds is 3. The predicted octanol–water partition coefficient (Wildman–Crippen LogP) is 0.0947. The van der Waals surface area contributed by atoms with E-state index in [1.807, 2.05) is 0 Å². The summed E-state index contributed by atoms with van der Waals surface area (Å²) in [6.07, 6.45) is 0. The third kappa shape index (κ3) is 8.72. The van der Waals surface area contributed by atoms with Crippen molar-refractivity contribution in [1.29, 1.82) is 0 Å². The fraction of sp³-hybridized carbons (Fsp3) is 0. The molecular formula is H3FO7P2Zn. The van der Waals surface area contributed by atoms with Crippen LogP contribution in [0.3, 0.4) is 0 Å². The number of halogens is 1. The van der Waals surface area contributed by atoms with Gasteiger partial charge in [0.05, 0.1) is 0 Å². The van der Waals surface area contributed by atoms with Crippen LogP contribution in [0.2, 0.25) is 0 Å². The molecule has 0 rings (SSSR count). The Hall–Kier alpha value is 0.813. The van der Waals surface area contributed by atoms with E-state index in [0.717, 1.165) is 0 Å². The molecule has 0 bridgehead atoms. The molecule has 0 radical (unpaired) electrons. The molecule has 11 heteroatoms. The zero-order chi connectivity index (χ0) is 8.41. The molecule has 0 saturated carbocycles. The van der Waals surface area contributed by atoms with Gasteiger partial charge in [0, 0.05) is 19.5 Å². The van der Waals surface area contributed by atoms with Gasteiger partial charge in [0.15, 0.2) is 0 Å². The minimum absolute atomic E-state index is 0. The summed E-state index contributed by atoms with van der Waals surface area (Å²) in [6.45, 7) is 0. The number of hydrogen-bond acceptors (Lipinski definition) is 4. The first-order valence-electron chi connectivity index (χ1n) is 1.67. The van der Waals surface area contributed by atoms with Crippen LogP contribution in [-0.4, -0.2) is 14.7 Å². The molecule has 11 heavy (non-hydrogen) atoms. The molecule has 0 aliphatic carbocycles. The molecule has 3 N–H and O–H groups in total. The van der Waals surface area contributed by atoms with Crippen LogP contribution in [0.15, 0.2) is 0 Å². The van der Waals surface area contributed by atoms with Crippen molar-refractivity contribution in [3.63, 3.8) is 0 Å². The fourth-order valence-electron chi connectivity index (χ4n) is 0.147. The van der Waals surface area contributed by atoms with E-state index < -0.39 is 15.6 Å². The van der Waals surface area contributed by atoms with E-state index in [0.29, 0.717) is 0 Å². The van der Waals surface area contributed by atoms with Crippen molar-refractivity contribution in [2.24, 2.45) is 0 Å². The van der Waals surface area contributed by atoms with Crippen molar-refractivity contribution in [1.82, 2.24) is 0 Å². The minimum Gasteiger partial charge on any atom is -0.302 e. The van der Waals surface area contributed by atoms with E-state index in [9.17, 15) is 13.7 Å². The summed E-state index contributed by atoms with van der Waals surface area (Å²) >= 11 is 0. The molecular weight excluding hydrogens is 258 g/mol. The Balaban J connectivity index is 0. The average molecular weight is 261 g/mol. The van der Waals surface area contributed by atoms with Crippen LogP contribution in [-0.2, 0) is 37.6 Å². The Bertz CT molecular complexity index is 195. The molecule has 0 aliphatic heterocycles. The van der Waals surface area contributed by atoms with Gasteiger partial charge in [-0.15, -0.1) is 0 Å². The Morgan fingerprint density at radius 3 is 1.64 bits per heavy atom. The van der Waals surface area contributed by atoms with E-state index in [-0.39, 0.29) is 19.5 Å². The molecule has 1 atom stereocenters. The largest absolute Gasteiger partial charge is 0.512 e. The van der Waals surface area contributed by atoms with Crippen LogP contribution < -0.4 is 0 Å². The van der Waals surface area contributed by atoms with Gasteiger partial charge in [0.2, 0.25) is 0 Å². The number of hydrogen-bond donors (Lipinski definition) is 3. The molecule has 64 valence electrons. The van der Waals surface area contributed by atoms with Gasteiger partial charge in [-0.3, -0.25) is 0 Å². The maximum atomic E-state index is 10.8. The van der Waals surface area contributed by atoms with Gasteiger partial charge in [-0.05, 0) is 4.53 Å². The first-order valence-corrected chi connectivity index (χ1v) is 4.69. The van der Waals surface area contributed by atoms with Gasteiger partial charge in [0.25, 0.3) is 0 Å². The summed E-state index contributed by atoms with van der Waals surface area (Å²) in [5.41, 5.74) is 0. The topological polar surface area (TPSA) is 113 Å². The van der Waals surface area contributed by atoms with Crippen molar-refractivity contribution in [3.05, 3.63) is 0 Å². The van der Waals surface area contributed by atoms with Crippen molar-refractivity contribution in [2.45, 2.75) is 0 Å². The summed E-state index contributed by atoms with van der Waals surface area (Å²) in [7, 11) is -10.4. The van der Waals surface area contributed by atoms with E-state index in [4.69, 9.17) is 14.7 Å². The first-order chi connectivity index (χ1) is 4.27. The minimum atomic E-state index is -5.22. The third-order valence-electron chi connectivity index (χ3n) is 0.297. The van der Waals surface area contributed by atoms with Crippen LogP contribution in [0.25, 0.3) is 0 Å². The van der Waals surface area contributed by atoms with Gasteiger partial charge >= 0.3 is 15.6 Å². The zero-order valence-electron chi connectivity index (χ0n) is 4.95. The van der Waals surface area contributed by atoms with Crippen molar-refractivity contribution in [2.75, 3.05) is 0 Å². The zero-order valence-corrected chi connectivity index (χ0v) is 9.71. The van der Waals surface area contributed by atoms with Gasteiger partial charge < -0.3 is 14.7 Å². The monoisotopic (exact) mass is 260 g/mol. The van der Waals surface area contributed by atoms with E-state index in [1.54, 1.807) is 0 Å². The summed E-state index contributed by atoms with van der Waals surface area (Å²) in [5, 5.41) is 0. The third-order valence-corrected chi connectivity index (χ3v) is 2.15. The van der Waals surface area contributed by atoms with Crippen molar-refractivity contribution >= 4 is 15.6 Å². The van der Waals surface area contributed by atoms with Crippen LogP contribution in [0, 0.1) is 0 Å². The molecule has 0 saturated heterocycles. The SMILES string of the molecule is O=P(O)(O)OP(=O)(O)OF.[Zn]. The Kier molecular flexibility index (Phi) is 6.19. The second-order valence-corrected chi connectivity index (χ2v) is 3.82. The quantitative estimate of drug-likeness (QED) is 0.487. The normalized spacial score (nSPS) is 16.7. The maximum Gasteiger partial charge on any atom is 0.512 e. The van der Waals surface area contributed by atoms with E-state index >= 15 is 0 Å². The molecule has 0 aromatic carbocycles. The Morgan fingerprint density at radius 2 is 1.55 bits per heavy atom. The van der Waals surface area contributed by atoms with Crippen molar-refractivity contribution < 1.29 is 56.9 Å². The van der Waals surface area contributed by atoms with Crippen LogP contribution in [0.5, 0.6) is 0 Å². The van der Waals surface area contributed by atoms with Crippen LogP contribution >= 0.6 is 15.6 Å². The number of phosphoric acid groups is 2. The molecule has 0 fully saturated rings. The standard InChI is InChI=1S/FH3O7P2.Zn/c1-7-10(5,6)8-9(2,3)4;/h(H,5,6)(H2,2,3,4);. The second-order valence-electron chi connectivity index (χ2n) is 1.11.